The summed E-state index contributed by atoms with van der Waals surface area (Å²) in [5.41, 5.74) is 0. The zero-order valence-corrected chi connectivity index (χ0v) is 48.8. The normalized spacial score (nSPS) is 12.9. The molecule has 0 heterocycles. The van der Waals surface area contributed by atoms with Gasteiger partial charge in [-0.2, -0.15) is 0 Å². The molecule has 0 aromatic rings. The molecule has 75 heavy (non-hydrogen) atoms. The highest BCUT2D eigenvalue weighted by atomic mass is 16.6. The molecule has 0 saturated carbocycles. The van der Waals surface area contributed by atoms with Crippen LogP contribution < -0.4 is 0 Å². The molecule has 0 aliphatic rings. The van der Waals surface area contributed by atoms with Crippen LogP contribution in [0.15, 0.2) is 122 Å². The molecular formula is C69H114O6. The van der Waals surface area contributed by atoms with Gasteiger partial charge in [0, 0.05) is 19.3 Å². The summed E-state index contributed by atoms with van der Waals surface area (Å²) in [5, 5.41) is 0. The molecule has 0 aliphatic heterocycles. The van der Waals surface area contributed by atoms with Crippen LogP contribution in [-0.2, 0) is 28.6 Å². The summed E-state index contributed by atoms with van der Waals surface area (Å²) in [5.74, 6) is -0.915. The Bertz CT molecular complexity index is 1570. The fourth-order valence-electron chi connectivity index (χ4n) is 8.34. The Labute approximate surface area is 462 Å². The predicted molar refractivity (Wildman–Crippen MR) is 325 cm³/mol. The Morgan fingerprint density at radius 2 is 0.520 bits per heavy atom. The van der Waals surface area contributed by atoms with Crippen LogP contribution in [-0.4, -0.2) is 37.2 Å². The van der Waals surface area contributed by atoms with Gasteiger partial charge in [-0.25, -0.2) is 0 Å². The highest BCUT2D eigenvalue weighted by molar-refractivity contribution is 5.71. The lowest BCUT2D eigenvalue weighted by Crippen LogP contribution is -2.30. The van der Waals surface area contributed by atoms with Crippen LogP contribution >= 0.6 is 0 Å². The van der Waals surface area contributed by atoms with Gasteiger partial charge < -0.3 is 14.2 Å². The largest absolute Gasteiger partial charge is 0.462 e. The monoisotopic (exact) mass is 1040 g/mol. The van der Waals surface area contributed by atoms with E-state index in [1.54, 1.807) is 0 Å². The Morgan fingerprint density at radius 1 is 0.280 bits per heavy atom. The molecule has 0 aromatic carbocycles. The van der Waals surface area contributed by atoms with Crippen LogP contribution in [0.25, 0.3) is 0 Å². The summed E-state index contributed by atoms with van der Waals surface area (Å²) >= 11 is 0. The number of carbonyl (C=O) groups excluding carboxylic acids is 3. The minimum Gasteiger partial charge on any atom is -0.462 e. The fourth-order valence-corrected chi connectivity index (χ4v) is 8.34. The molecule has 0 aromatic heterocycles. The molecule has 0 rings (SSSR count). The van der Waals surface area contributed by atoms with Crippen LogP contribution in [0.3, 0.4) is 0 Å². The Balaban J connectivity index is 4.36. The van der Waals surface area contributed by atoms with Gasteiger partial charge in [0.2, 0.25) is 0 Å². The minimum absolute atomic E-state index is 0.0907. The van der Waals surface area contributed by atoms with Gasteiger partial charge in [0.15, 0.2) is 6.10 Å². The van der Waals surface area contributed by atoms with Crippen molar-refractivity contribution in [3.63, 3.8) is 0 Å². The molecule has 6 nitrogen and oxygen atoms in total. The van der Waals surface area contributed by atoms with Crippen molar-refractivity contribution < 1.29 is 28.6 Å². The van der Waals surface area contributed by atoms with Gasteiger partial charge >= 0.3 is 17.9 Å². The van der Waals surface area contributed by atoms with Gasteiger partial charge in [-0.1, -0.05) is 251 Å². The van der Waals surface area contributed by atoms with Gasteiger partial charge in [0.25, 0.3) is 0 Å². The first kappa shape index (κ1) is 70.8. The molecule has 0 fully saturated rings. The average Bonchev–Trinajstić information content (AvgIpc) is 3.41. The van der Waals surface area contributed by atoms with Crippen molar-refractivity contribution in [3.05, 3.63) is 122 Å². The highest BCUT2D eigenvalue weighted by Crippen LogP contribution is 2.15. The Kier molecular flexibility index (Phi) is 58.9. The highest BCUT2D eigenvalue weighted by Gasteiger charge is 2.19. The predicted octanol–water partition coefficient (Wildman–Crippen LogP) is 21.2. The second-order valence-electron chi connectivity index (χ2n) is 20.2. The molecule has 0 bridgehead atoms. The number of carbonyl (C=O) groups is 3. The molecule has 0 N–H and O–H groups in total. The third-order valence-electron chi connectivity index (χ3n) is 12.9. The molecule has 0 aliphatic carbocycles. The first-order valence-corrected chi connectivity index (χ1v) is 31.0. The van der Waals surface area contributed by atoms with E-state index in [4.69, 9.17) is 14.2 Å². The summed E-state index contributed by atoms with van der Waals surface area (Å²) < 4.78 is 16.9. The average molecular weight is 1040 g/mol. The molecule has 0 spiro atoms. The van der Waals surface area contributed by atoms with E-state index in [1.807, 2.05) is 0 Å². The summed E-state index contributed by atoms with van der Waals surface area (Å²) in [6.45, 7) is 6.39. The van der Waals surface area contributed by atoms with Gasteiger partial charge in [-0.15, -0.1) is 0 Å². The molecule has 0 saturated heterocycles. The second-order valence-corrected chi connectivity index (χ2v) is 20.2. The van der Waals surface area contributed by atoms with Crippen molar-refractivity contribution in [1.82, 2.24) is 0 Å². The van der Waals surface area contributed by atoms with Gasteiger partial charge in [-0.3, -0.25) is 14.4 Å². The topological polar surface area (TPSA) is 78.9 Å². The molecule has 0 radical (unpaired) electrons. The SMILES string of the molecule is CC/C=C\C/C=C\C/C=C\C/C=C\C/C=C\C/C=C\CCCCCCCCCCC(=O)OCC(COC(=O)CCCCCCC/C=C\CCCCCC)OC(=O)CCCCCCCCC/C=C\C/C=C\C/C=C\CC. The van der Waals surface area contributed by atoms with Gasteiger partial charge in [0.05, 0.1) is 0 Å². The first-order chi connectivity index (χ1) is 37.0. The van der Waals surface area contributed by atoms with E-state index in [0.717, 1.165) is 135 Å². The molecular weight excluding hydrogens is 925 g/mol. The third-order valence-corrected chi connectivity index (χ3v) is 12.9. The maximum atomic E-state index is 12.9. The van der Waals surface area contributed by atoms with Crippen LogP contribution in [0.1, 0.15) is 278 Å². The smallest absolute Gasteiger partial charge is 0.306 e. The lowest BCUT2D eigenvalue weighted by atomic mass is 10.1. The number of allylic oxidation sites excluding steroid dienone is 20. The van der Waals surface area contributed by atoms with Crippen molar-refractivity contribution >= 4 is 17.9 Å². The molecule has 0 amide bonds. The standard InChI is InChI=1S/C69H114O6/c1-4-7-10-13-16-19-22-25-27-29-30-31-32-33-34-35-36-37-38-40-41-44-47-50-53-56-59-62-68(71)74-65-66(64-73-67(70)61-58-55-52-49-46-43-24-21-18-15-12-9-6-3)75-69(72)63-60-57-54-51-48-45-42-39-28-26-23-20-17-14-11-8-5-2/h7-8,10-11,16-17,19-21,24-28,30-31,33-34,36-37,66H,4-6,9,12-15,18,22-23,29,32,35,38-65H2,1-3H3/b10-7-,11-8-,19-16-,20-17-,24-21-,27-25-,28-26-,31-30-,34-33-,37-36-. The van der Waals surface area contributed by atoms with Crippen LogP contribution in [0.2, 0.25) is 0 Å². The van der Waals surface area contributed by atoms with E-state index in [9.17, 15) is 14.4 Å². The van der Waals surface area contributed by atoms with E-state index in [-0.39, 0.29) is 31.1 Å². The van der Waals surface area contributed by atoms with E-state index < -0.39 is 6.10 Å². The van der Waals surface area contributed by atoms with E-state index in [2.05, 4.69) is 142 Å². The number of hydrogen-bond donors (Lipinski definition) is 0. The quantitative estimate of drug-likeness (QED) is 0.0261. The summed E-state index contributed by atoms with van der Waals surface area (Å²) in [7, 11) is 0. The zero-order chi connectivity index (χ0) is 54.3. The number of unbranched alkanes of at least 4 members (excludes halogenated alkanes) is 24. The van der Waals surface area contributed by atoms with Crippen LogP contribution in [0.5, 0.6) is 0 Å². The third kappa shape index (κ3) is 60.6. The van der Waals surface area contributed by atoms with Crippen LogP contribution in [0.4, 0.5) is 0 Å². The van der Waals surface area contributed by atoms with Crippen molar-refractivity contribution in [2.24, 2.45) is 0 Å². The summed E-state index contributed by atoms with van der Waals surface area (Å²) in [6, 6.07) is 0. The molecule has 1 atom stereocenters. The van der Waals surface area contributed by atoms with Gasteiger partial charge in [-0.05, 0) is 128 Å². The fraction of sp³-hybridized carbons (Fsp3) is 0.667. The minimum atomic E-state index is -0.794. The Morgan fingerprint density at radius 3 is 0.827 bits per heavy atom. The summed E-state index contributed by atoms with van der Waals surface area (Å²) in [4.78, 5) is 38.3. The number of esters is 3. The van der Waals surface area contributed by atoms with E-state index in [1.165, 1.54) is 103 Å². The number of hydrogen-bond acceptors (Lipinski definition) is 6. The first-order valence-electron chi connectivity index (χ1n) is 31.0. The number of ether oxygens (including phenoxy) is 3. The van der Waals surface area contributed by atoms with Crippen molar-refractivity contribution in [3.8, 4) is 0 Å². The van der Waals surface area contributed by atoms with Crippen LogP contribution in [0, 0.1) is 0 Å². The number of rotatable bonds is 55. The van der Waals surface area contributed by atoms with E-state index >= 15 is 0 Å². The van der Waals surface area contributed by atoms with Crippen molar-refractivity contribution in [2.45, 2.75) is 284 Å². The van der Waals surface area contributed by atoms with E-state index in [0.29, 0.717) is 19.3 Å². The maximum absolute atomic E-state index is 12.9. The second kappa shape index (κ2) is 62.4. The maximum Gasteiger partial charge on any atom is 0.306 e. The lowest BCUT2D eigenvalue weighted by Gasteiger charge is -2.18. The molecule has 1 unspecified atom stereocenters. The lowest BCUT2D eigenvalue weighted by molar-refractivity contribution is -0.167. The summed E-state index contributed by atoms with van der Waals surface area (Å²) in [6.07, 6.45) is 86.2. The zero-order valence-electron chi connectivity index (χ0n) is 48.8. The van der Waals surface area contributed by atoms with Gasteiger partial charge in [0.1, 0.15) is 13.2 Å². The molecule has 426 valence electrons. The van der Waals surface area contributed by atoms with Crippen molar-refractivity contribution in [2.75, 3.05) is 13.2 Å². The molecule has 6 heteroatoms. The van der Waals surface area contributed by atoms with Crippen molar-refractivity contribution in [1.29, 1.82) is 0 Å². The Hall–Kier alpha value is -4.19.